The van der Waals surface area contributed by atoms with Gasteiger partial charge >= 0.3 is 5.97 Å². The van der Waals surface area contributed by atoms with Crippen molar-refractivity contribution in [2.75, 3.05) is 0 Å². The average Bonchev–Trinajstić information content (AvgIpc) is 3.28. The summed E-state index contributed by atoms with van der Waals surface area (Å²) in [6, 6.07) is 9.49. The maximum Gasteiger partial charge on any atom is 0.355 e. The van der Waals surface area contributed by atoms with Crippen molar-refractivity contribution in [2.24, 2.45) is 5.92 Å². The summed E-state index contributed by atoms with van der Waals surface area (Å²) < 4.78 is 0. The summed E-state index contributed by atoms with van der Waals surface area (Å²) in [5.41, 5.74) is 0.765. The van der Waals surface area contributed by atoms with Crippen molar-refractivity contribution in [3.63, 3.8) is 0 Å². The molecule has 1 aromatic heterocycles. The molecule has 2 aliphatic carbocycles. The van der Waals surface area contributed by atoms with Crippen LogP contribution in [0.25, 0.3) is 0 Å². The summed E-state index contributed by atoms with van der Waals surface area (Å²) >= 11 is 1.36. The number of hydrogen-bond donors (Lipinski definition) is 1. The molecule has 5 nitrogen and oxygen atoms in total. The molecule has 1 atom stereocenters. The normalized spacial score (nSPS) is 18.4. The van der Waals surface area contributed by atoms with Crippen molar-refractivity contribution >= 4 is 23.2 Å². The molecule has 25 heavy (non-hydrogen) atoms. The summed E-state index contributed by atoms with van der Waals surface area (Å²) in [6.07, 6.45) is 5.30. The first-order chi connectivity index (χ1) is 12.1. The second-order valence-corrected chi connectivity index (χ2v) is 7.71. The predicted molar refractivity (Wildman–Crippen MR) is 94.8 cm³/mol. The van der Waals surface area contributed by atoms with Crippen molar-refractivity contribution in [3.05, 3.63) is 52.0 Å². The highest BCUT2D eigenvalue weighted by Gasteiger charge is 2.44. The molecule has 1 unspecified atom stereocenters. The van der Waals surface area contributed by atoms with Crippen LogP contribution in [0.2, 0.25) is 0 Å². The van der Waals surface area contributed by atoms with E-state index in [4.69, 9.17) is 0 Å². The van der Waals surface area contributed by atoms with Gasteiger partial charge in [-0.1, -0.05) is 18.2 Å². The van der Waals surface area contributed by atoms with Crippen LogP contribution in [0.4, 0.5) is 0 Å². The van der Waals surface area contributed by atoms with Crippen LogP contribution in [0.5, 0.6) is 0 Å². The largest absolute Gasteiger partial charge is 0.476 e. The van der Waals surface area contributed by atoms with Crippen molar-refractivity contribution in [1.82, 2.24) is 9.88 Å². The molecule has 2 aliphatic rings. The minimum absolute atomic E-state index is 0.0364. The highest BCUT2D eigenvalue weighted by atomic mass is 32.1. The number of aromatic nitrogens is 1. The summed E-state index contributed by atoms with van der Waals surface area (Å²) in [5, 5.41) is 11.5. The lowest BCUT2D eigenvalue weighted by molar-refractivity contribution is 0.0394. The van der Waals surface area contributed by atoms with Gasteiger partial charge in [0, 0.05) is 17.0 Å². The Hall–Kier alpha value is -2.21. The van der Waals surface area contributed by atoms with Crippen LogP contribution >= 0.6 is 11.3 Å². The fraction of sp³-hybridized carbons (Fsp3) is 0.421. The van der Waals surface area contributed by atoms with Gasteiger partial charge in [0.25, 0.3) is 5.91 Å². The van der Waals surface area contributed by atoms with Crippen LogP contribution in [0.1, 0.15) is 64.0 Å². The van der Waals surface area contributed by atoms with E-state index in [9.17, 15) is 14.7 Å². The predicted octanol–water partition coefficient (Wildman–Crippen LogP) is 3.99. The lowest BCUT2D eigenvalue weighted by Crippen LogP contribution is -2.47. The first-order valence-electron chi connectivity index (χ1n) is 8.71. The summed E-state index contributed by atoms with van der Waals surface area (Å²) in [7, 11) is 0. The number of benzene rings is 1. The molecule has 0 spiro atoms. The zero-order valence-corrected chi connectivity index (χ0v) is 14.6. The average molecular weight is 356 g/mol. The molecule has 130 valence electrons. The van der Waals surface area contributed by atoms with Crippen molar-refractivity contribution in [1.29, 1.82) is 0 Å². The van der Waals surface area contributed by atoms with E-state index in [1.165, 1.54) is 11.3 Å². The Balaban J connectivity index is 1.70. The van der Waals surface area contributed by atoms with Crippen molar-refractivity contribution < 1.29 is 14.7 Å². The summed E-state index contributed by atoms with van der Waals surface area (Å²) in [4.78, 5) is 30.8. The van der Waals surface area contributed by atoms with Gasteiger partial charge in [-0.15, -0.1) is 11.3 Å². The molecule has 0 aliphatic heterocycles. The molecule has 2 aromatic rings. The maximum atomic E-state index is 13.3. The molecule has 1 aromatic carbocycles. The van der Waals surface area contributed by atoms with E-state index >= 15 is 0 Å². The van der Waals surface area contributed by atoms with Gasteiger partial charge in [0.05, 0.1) is 6.04 Å². The van der Waals surface area contributed by atoms with Crippen LogP contribution in [0, 0.1) is 5.92 Å². The highest BCUT2D eigenvalue weighted by Crippen LogP contribution is 2.48. The Labute approximate surface area is 150 Å². The number of carbonyl (C=O) groups excluding carboxylic acids is 1. The fourth-order valence-electron chi connectivity index (χ4n) is 3.40. The molecule has 0 radical (unpaired) electrons. The van der Waals surface area contributed by atoms with Gasteiger partial charge in [-0.25, -0.2) is 9.78 Å². The maximum absolute atomic E-state index is 13.3. The van der Waals surface area contributed by atoms with Crippen molar-refractivity contribution in [2.45, 2.75) is 44.2 Å². The quantitative estimate of drug-likeness (QED) is 0.850. The first-order valence-corrected chi connectivity index (χ1v) is 9.59. The number of nitrogens with zero attached hydrogens (tertiary/aromatic N) is 2. The molecular weight excluding hydrogens is 336 g/mol. The Morgan fingerprint density at radius 3 is 2.40 bits per heavy atom. The van der Waals surface area contributed by atoms with Gasteiger partial charge in [-0.3, -0.25) is 4.79 Å². The molecule has 1 amide bonds. The Morgan fingerprint density at radius 1 is 1.16 bits per heavy atom. The van der Waals surface area contributed by atoms with Crippen LogP contribution in [0.3, 0.4) is 0 Å². The van der Waals surface area contributed by atoms with Gasteiger partial charge in [-0.05, 0) is 50.2 Å². The number of hydrogen-bond acceptors (Lipinski definition) is 4. The third-order valence-corrected chi connectivity index (χ3v) is 6.00. The van der Waals surface area contributed by atoms with Gasteiger partial charge in [0.1, 0.15) is 5.01 Å². The molecule has 2 saturated carbocycles. The monoisotopic (exact) mass is 356 g/mol. The second-order valence-electron chi connectivity index (χ2n) is 6.82. The van der Waals surface area contributed by atoms with Gasteiger partial charge in [-0.2, -0.15) is 0 Å². The van der Waals surface area contributed by atoms with E-state index in [1.54, 1.807) is 5.38 Å². The topological polar surface area (TPSA) is 70.5 Å². The summed E-state index contributed by atoms with van der Waals surface area (Å²) in [5.74, 6) is -0.586. The molecule has 2 fully saturated rings. The van der Waals surface area contributed by atoms with E-state index in [0.717, 1.165) is 37.1 Å². The molecule has 0 saturated heterocycles. The fourth-order valence-corrected chi connectivity index (χ4v) is 4.38. The molecular formula is C19H20N2O3S. The number of amides is 1. The second kappa shape index (κ2) is 6.59. The molecule has 1 heterocycles. The third kappa shape index (κ3) is 3.18. The number of rotatable bonds is 6. The Morgan fingerprint density at radius 2 is 1.88 bits per heavy atom. The molecule has 6 heteroatoms. The van der Waals surface area contributed by atoms with Gasteiger partial charge in [0.2, 0.25) is 0 Å². The Bertz CT molecular complexity index is 781. The minimum atomic E-state index is -1.01. The van der Waals surface area contributed by atoms with E-state index in [0.29, 0.717) is 11.5 Å². The molecule has 4 rings (SSSR count). The SMILES string of the molecule is O=C(O)c1csc(C(C2CC2)N(C(=O)c2ccccc2)C2CCC2)n1. The van der Waals surface area contributed by atoms with Crippen LogP contribution in [-0.4, -0.2) is 32.9 Å². The van der Waals surface area contributed by atoms with E-state index in [1.807, 2.05) is 35.2 Å². The number of aromatic carboxylic acids is 1. The number of carbonyl (C=O) groups is 2. The van der Waals surface area contributed by atoms with Crippen LogP contribution in [0.15, 0.2) is 35.7 Å². The lowest BCUT2D eigenvalue weighted by atomic mass is 9.89. The zero-order chi connectivity index (χ0) is 17.4. The first kappa shape index (κ1) is 16.3. The standard InChI is InChI=1S/C19H20N2O3S/c22-18(13-5-2-1-3-6-13)21(14-7-4-8-14)16(12-9-10-12)17-20-15(11-25-17)19(23)24/h1-3,5-6,11-12,14,16H,4,7-10H2,(H,23,24). The van der Waals surface area contributed by atoms with Crippen LogP contribution in [-0.2, 0) is 0 Å². The van der Waals surface area contributed by atoms with E-state index in [-0.39, 0.29) is 23.7 Å². The lowest BCUT2D eigenvalue weighted by Gasteiger charge is -2.42. The van der Waals surface area contributed by atoms with Crippen molar-refractivity contribution in [3.8, 4) is 0 Å². The van der Waals surface area contributed by atoms with Gasteiger partial charge < -0.3 is 10.0 Å². The van der Waals surface area contributed by atoms with E-state index < -0.39 is 5.97 Å². The number of carboxylic acid groups (broad SMARTS) is 1. The number of carboxylic acids is 1. The summed E-state index contributed by atoms with van der Waals surface area (Å²) in [6.45, 7) is 0. The van der Waals surface area contributed by atoms with E-state index in [2.05, 4.69) is 4.98 Å². The minimum Gasteiger partial charge on any atom is -0.476 e. The smallest absolute Gasteiger partial charge is 0.355 e. The zero-order valence-electron chi connectivity index (χ0n) is 13.8. The highest BCUT2D eigenvalue weighted by molar-refractivity contribution is 7.09. The molecule has 1 N–H and O–H groups in total. The number of thiazole rings is 1. The Kier molecular flexibility index (Phi) is 4.29. The third-order valence-electron chi connectivity index (χ3n) is 5.09. The van der Waals surface area contributed by atoms with Crippen LogP contribution < -0.4 is 0 Å². The molecule has 0 bridgehead atoms. The van der Waals surface area contributed by atoms with Gasteiger partial charge in [0.15, 0.2) is 5.69 Å².